The highest BCUT2D eigenvalue weighted by Gasteiger charge is 1.91. The fraction of sp³-hybridized carbons (Fsp3) is 0.286. The minimum Gasteiger partial charge on any atom is -0.408 e. The molecule has 0 aliphatic heterocycles. The van der Waals surface area contributed by atoms with Crippen LogP contribution in [0.1, 0.15) is 12.5 Å². The third-order valence-corrected chi connectivity index (χ3v) is 1.74. The van der Waals surface area contributed by atoms with Crippen LogP contribution in [-0.2, 0) is 6.42 Å². The van der Waals surface area contributed by atoms with Gasteiger partial charge in [-0.05, 0) is 12.0 Å². The van der Waals surface area contributed by atoms with Crippen molar-refractivity contribution in [2.75, 3.05) is 0 Å². The molecule has 1 aromatic rings. The van der Waals surface area contributed by atoms with E-state index >= 15 is 0 Å². The van der Waals surface area contributed by atoms with Crippen molar-refractivity contribution in [1.82, 2.24) is 4.98 Å². The molecule has 0 bridgehead atoms. The quantitative estimate of drug-likeness (QED) is 0.750. The number of aryl methyl sites for hydroxylation is 1. The van der Waals surface area contributed by atoms with Crippen LogP contribution in [0.25, 0.3) is 0 Å². The predicted molar refractivity (Wildman–Crippen MR) is 48.3 cm³/mol. The second-order valence-electron chi connectivity index (χ2n) is 1.94. The van der Waals surface area contributed by atoms with Gasteiger partial charge in [-0.3, -0.25) is 0 Å². The molecule has 0 radical (unpaired) electrons. The fourth-order valence-electron chi connectivity index (χ4n) is 0.666. The zero-order valence-electron chi connectivity index (χ0n) is 5.67. The Morgan fingerprint density at radius 1 is 1.60 bits per heavy atom. The maximum absolute atomic E-state index is 4.87. The molecule has 0 aromatic carbocycles. The normalized spacial score (nSPS) is 9.40. The summed E-state index contributed by atoms with van der Waals surface area (Å²) in [6.45, 7) is 2.10. The lowest BCUT2D eigenvalue weighted by molar-refractivity contribution is 0.679. The van der Waals surface area contributed by atoms with Gasteiger partial charge in [0.15, 0.2) is 23.0 Å². The molecular weight excluding hydrogens is 241 g/mol. The van der Waals surface area contributed by atoms with Gasteiger partial charge in [-0.1, -0.05) is 13.0 Å². The number of hydrogen-bond donors (Lipinski definition) is 0. The predicted octanol–water partition coefficient (Wildman–Crippen LogP) is 2.37. The number of pyridine rings is 1. The van der Waals surface area contributed by atoms with Gasteiger partial charge in [-0.2, -0.15) is 0 Å². The molecule has 1 heterocycles. The summed E-state index contributed by atoms with van der Waals surface area (Å²) in [5.74, 6) is 0.665. The van der Waals surface area contributed by atoms with Crippen LogP contribution in [0.4, 0.5) is 0 Å². The highest BCUT2D eigenvalue weighted by molar-refractivity contribution is 14.1. The molecule has 0 saturated carbocycles. The Labute approximate surface area is 74.3 Å². The van der Waals surface area contributed by atoms with Crippen molar-refractivity contribution in [2.45, 2.75) is 13.3 Å². The lowest BCUT2D eigenvalue weighted by Crippen LogP contribution is -1.83. The smallest absolute Gasteiger partial charge is 0.224 e. The monoisotopic (exact) mass is 249 g/mol. The van der Waals surface area contributed by atoms with Crippen LogP contribution in [0.2, 0.25) is 0 Å². The Morgan fingerprint density at radius 3 is 2.80 bits per heavy atom. The van der Waals surface area contributed by atoms with Gasteiger partial charge in [-0.25, -0.2) is 4.98 Å². The second kappa shape index (κ2) is 3.75. The summed E-state index contributed by atoms with van der Waals surface area (Å²) in [5, 5.41) is 0. The molecule has 3 heteroatoms. The highest BCUT2D eigenvalue weighted by Crippen LogP contribution is 2.09. The molecule has 0 N–H and O–H groups in total. The van der Waals surface area contributed by atoms with Gasteiger partial charge in [0.05, 0.1) is 0 Å². The molecule has 0 aliphatic carbocycles. The lowest BCUT2D eigenvalue weighted by atomic mass is 10.2. The number of nitrogens with zero attached hydrogens (tertiary/aromatic N) is 1. The number of rotatable bonds is 2. The molecule has 10 heavy (non-hydrogen) atoms. The number of halogens is 1. The molecule has 0 amide bonds. The van der Waals surface area contributed by atoms with Crippen molar-refractivity contribution < 1.29 is 3.07 Å². The van der Waals surface area contributed by atoms with E-state index in [9.17, 15) is 0 Å². The third-order valence-electron chi connectivity index (χ3n) is 1.28. The Hall–Kier alpha value is -0.320. The van der Waals surface area contributed by atoms with Crippen LogP contribution in [-0.4, -0.2) is 4.98 Å². The van der Waals surface area contributed by atoms with Gasteiger partial charge >= 0.3 is 0 Å². The topological polar surface area (TPSA) is 22.1 Å². The van der Waals surface area contributed by atoms with E-state index in [0.29, 0.717) is 5.88 Å². The maximum atomic E-state index is 4.87. The summed E-state index contributed by atoms with van der Waals surface area (Å²) >= 11 is 1.81. The Bertz CT molecular complexity index is 174. The van der Waals surface area contributed by atoms with E-state index in [1.807, 2.05) is 41.3 Å². The van der Waals surface area contributed by atoms with Gasteiger partial charge in [0.1, 0.15) is 0 Å². The molecule has 2 nitrogen and oxygen atoms in total. The lowest BCUT2D eigenvalue weighted by Gasteiger charge is -1.96. The Morgan fingerprint density at radius 2 is 2.40 bits per heavy atom. The first-order valence-electron chi connectivity index (χ1n) is 3.10. The molecule has 0 fully saturated rings. The standard InChI is InChI=1S/C7H8INO/c1-2-6-3-4-7(10-8)9-5-6/h3-5H,2H2,1H3. The van der Waals surface area contributed by atoms with Crippen LogP contribution in [0.5, 0.6) is 5.88 Å². The first kappa shape index (κ1) is 7.78. The van der Waals surface area contributed by atoms with Crippen LogP contribution >= 0.6 is 23.0 Å². The van der Waals surface area contributed by atoms with Crippen LogP contribution < -0.4 is 3.07 Å². The van der Waals surface area contributed by atoms with Crippen molar-refractivity contribution in [2.24, 2.45) is 0 Å². The van der Waals surface area contributed by atoms with E-state index in [-0.39, 0.29) is 0 Å². The van der Waals surface area contributed by atoms with Gasteiger partial charge in [0.25, 0.3) is 0 Å². The van der Waals surface area contributed by atoms with Crippen molar-refractivity contribution in [1.29, 1.82) is 0 Å². The summed E-state index contributed by atoms with van der Waals surface area (Å²) in [4.78, 5) is 4.04. The molecule has 1 aromatic heterocycles. The molecule has 0 aliphatic rings. The minimum absolute atomic E-state index is 0.665. The van der Waals surface area contributed by atoms with Crippen LogP contribution in [0.15, 0.2) is 18.3 Å². The van der Waals surface area contributed by atoms with E-state index < -0.39 is 0 Å². The summed E-state index contributed by atoms with van der Waals surface area (Å²) in [6.07, 6.45) is 2.85. The number of hydrogen-bond acceptors (Lipinski definition) is 2. The van der Waals surface area contributed by atoms with Crippen LogP contribution in [0, 0.1) is 0 Å². The highest BCUT2D eigenvalue weighted by atomic mass is 127. The van der Waals surface area contributed by atoms with Gasteiger partial charge in [0.2, 0.25) is 5.88 Å². The summed E-state index contributed by atoms with van der Waals surface area (Å²) in [5.41, 5.74) is 1.23. The maximum Gasteiger partial charge on any atom is 0.224 e. The van der Waals surface area contributed by atoms with E-state index in [4.69, 9.17) is 3.07 Å². The van der Waals surface area contributed by atoms with Crippen molar-refractivity contribution in [3.63, 3.8) is 0 Å². The van der Waals surface area contributed by atoms with E-state index in [2.05, 4.69) is 11.9 Å². The van der Waals surface area contributed by atoms with Crippen molar-refractivity contribution in [3.05, 3.63) is 23.9 Å². The van der Waals surface area contributed by atoms with Crippen molar-refractivity contribution >= 4 is 23.0 Å². The first-order valence-corrected chi connectivity index (χ1v) is 3.98. The average molecular weight is 249 g/mol. The second-order valence-corrected chi connectivity index (χ2v) is 2.38. The van der Waals surface area contributed by atoms with E-state index in [0.717, 1.165) is 6.42 Å². The van der Waals surface area contributed by atoms with E-state index in [1.54, 1.807) is 0 Å². The third kappa shape index (κ3) is 1.83. The Kier molecular flexibility index (Phi) is 2.92. The minimum atomic E-state index is 0.665. The van der Waals surface area contributed by atoms with Gasteiger partial charge in [0, 0.05) is 12.3 Å². The van der Waals surface area contributed by atoms with E-state index in [1.165, 1.54) is 5.56 Å². The van der Waals surface area contributed by atoms with Gasteiger partial charge < -0.3 is 3.07 Å². The fourth-order valence-corrected chi connectivity index (χ4v) is 0.926. The molecule has 1 rings (SSSR count). The van der Waals surface area contributed by atoms with Crippen LogP contribution in [0.3, 0.4) is 0 Å². The molecule has 0 spiro atoms. The average Bonchev–Trinajstić information content (AvgIpc) is 2.05. The first-order chi connectivity index (χ1) is 4.86. The van der Waals surface area contributed by atoms with Gasteiger partial charge in [-0.15, -0.1) is 0 Å². The zero-order chi connectivity index (χ0) is 7.40. The van der Waals surface area contributed by atoms with Crippen molar-refractivity contribution in [3.8, 4) is 5.88 Å². The summed E-state index contributed by atoms with van der Waals surface area (Å²) < 4.78 is 4.87. The summed E-state index contributed by atoms with van der Waals surface area (Å²) in [6, 6.07) is 3.88. The molecule has 0 unspecified atom stereocenters. The zero-order valence-corrected chi connectivity index (χ0v) is 7.83. The largest absolute Gasteiger partial charge is 0.408 e. The Balaban J connectivity index is 2.80. The molecule has 54 valence electrons. The SMILES string of the molecule is CCc1ccc(OI)nc1. The molecule has 0 saturated heterocycles. The number of aromatic nitrogens is 1. The molecule has 0 atom stereocenters. The molecular formula is C7H8INO. The summed E-state index contributed by atoms with van der Waals surface area (Å²) in [7, 11) is 0.